The van der Waals surface area contributed by atoms with Crippen LogP contribution in [0, 0.1) is 24.4 Å². The fourth-order valence-corrected chi connectivity index (χ4v) is 6.02. The predicted molar refractivity (Wildman–Crippen MR) is 158 cm³/mol. The van der Waals surface area contributed by atoms with E-state index in [-0.39, 0.29) is 24.2 Å². The lowest BCUT2D eigenvalue weighted by Crippen LogP contribution is -2.49. The quantitative estimate of drug-likeness (QED) is 0.170. The van der Waals surface area contributed by atoms with Crippen LogP contribution < -0.4 is 15.5 Å². The lowest BCUT2D eigenvalue weighted by atomic mass is 10.0. The Hall–Kier alpha value is -2.50. The molecule has 0 aliphatic rings. The molecule has 0 saturated heterocycles. The van der Waals surface area contributed by atoms with E-state index < -0.39 is 6.04 Å². The highest BCUT2D eigenvalue weighted by atomic mass is 127. The molecule has 186 valence electrons. The van der Waals surface area contributed by atoms with Gasteiger partial charge in [0.25, 0.3) is 5.91 Å². The average Bonchev–Trinajstić information content (AvgIpc) is 3.35. The van der Waals surface area contributed by atoms with Crippen LogP contribution in [0.5, 0.6) is 5.75 Å². The summed E-state index contributed by atoms with van der Waals surface area (Å²) in [6.07, 6.45) is 1.81. The summed E-state index contributed by atoms with van der Waals surface area (Å²) in [6, 6.07) is 16.3. The lowest BCUT2D eigenvalue weighted by Gasteiger charge is -2.20. The van der Waals surface area contributed by atoms with Crippen LogP contribution in [0.1, 0.15) is 35.4 Å². The van der Waals surface area contributed by atoms with E-state index in [0.717, 1.165) is 28.9 Å². The summed E-state index contributed by atoms with van der Waals surface area (Å²) >= 11 is 5.91. The molecular weight excluding hydrogens is 702 g/mol. The Balaban J connectivity index is 1.58. The maximum Gasteiger partial charge on any atom is 0.262 e. The zero-order valence-electron chi connectivity index (χ0n) is 19.6. The lowest BCUT2D eigenvalue weighted by molar-refractivity contribution is -0.129. The fraction of sp³-hybridized carbons (Fsp3) is 0.231. The van der Waals surface area contributed by atoms with E-state index in [2.05, 4.69) is 67.1 Å². The first kappa shape index (κ1) is 28.1. The van der Waals surface area contributed by atoms with E-state index in [0.29, 0.717) is 12.2 Å². The molecule has 0 bridgehead atoms. The monoisotopic (exact) mass is 726 g/mol. The SMILES string of the molecule is CC(C)C(NC(=O)Cc1cccs1)C(=O)N/N=C/c1cc(I)c(OCc2ccc(C#N)cc2)c(I)c1. The van der Waals surface area contributed by atoms with Gasteiger partial charge in [-0.25, -0.2) is 5.43 Å². The molecule has 2 N–H and O–H groups in total. The van der Waals surface area contributed by atoms with Crippen LogP contribution in [-0.4, -0.2) is 24.1 Å². The minimum Gasteiger partial charge on any atom is -0.487 e. The Labute approximate surface area is 241 Å². The largest absolute Gasteiger partial charge is 0.487 e. The molecule has 1 unspecified atom stereocenters. The molecule has 2 amide bonds. The highest BCUT2D eigenvalue weighted by Crippen LogP contribution is 2.29. The van der Waals surface area contributed by atoms with Gasteiger partial charge in [0, 0.05) is 4.88 Å². The van der Waals surface area contributed by atoms with E-state index in [4.69, 9.17) is 10.00 Å². The van der Waals surface area contributed by atoms with Crippen molar-refractivity contribution in [1.29, 1.82) is 5.26 Å². The molecule has 0 radical (unpaired) electrons. The number of hydrogen-bond donors (Lipinski definition) is 2. The molecule has 0 aliphatic heterocycles. The minimum atomic E-state index is -0.687. The third-order valence-electron chi connectivity index (χ3n) is 5.06. The smallest absolute Gasteiger partial charge is 0.262 e. The number of ether oxygens (including phenoxy) is 1. The van der Waals surface area contributed by atoms with Crippen LogP contribution in [0.4, 0.5) is 0 Å². The van der Waals surface area contributed by atoms with E-state index in [9.17, 15) is 9.59 Å². The molecule has 3 aromatic rings. The van der Waals surface area contributed by atoms with Gasteiger partial charge in [-0.3, -0.25) is 9.59 Å². The van der Waals surface area contributed by atoms with E-state index in [1.807, 2.05) is 55.6 Å². The third kappa shape index (κ3) is 8.28. The van der Waals surface area contributed by atoms with Crippen molar-refractivity contribution in [2.75, 3.05) is 0 Å². The van der Waals surface area contributed by atoms with Crippen molar-refractivity contribution in [3.8, 4) is 11.8 Å². The number of nitriles is 1. The number of rotatable bonds is 10. The highest BCUT2D eigenvalue weighted by molar-refractivity contribution is 14.1. The van der Waals surface area contributed by atoms with Gasteiger partial charge in [-0.2, -0.15) is 10.4 Å². The zero-order valence-corrected chi connectivity index (χ0v) is 24.8. The molecule has 10 heteroatoms. The molecule has 1 atom stereocenters. The maximum absolute atomic E-state index is 12.7. The van der Waals surface area contributed by atoms with Crippen LogP contribution in [0.15, 0.2) is 59.0 Å². The summed E-state index contributed by atoms with van der Waals surface area (Å²) in [5, 5.41) is 17.8. The standard InChI is InChI=1S/C26H24I2N4O3S/c1-16(2)24(31-23(33)12-20-4-3-9-36-20)26(34)32-30-14-19-10-21(27)25(22(28)11-19)35-15-18-7-5-17(13-29)6-8-18/h3-11,14,16,24H,12,15H2,1-2H3,(H,31,33)(H,32,34)/b30-14+. The highest BCUT2D eigenvalue weighted by Gasteiger charge is 2.24. The van der Waals surface area contributed by atoms with Gasteiger partial charge in [0.2, 0.25) is 5.91 Å². The van der Waals surface area contributed by atoms with Gasteiger partial charge in [-0.1, -0.05) is 32.0 Å². The number of halogens is 2. The Morgan fingerprint density at radius 2 is 1.86 bits per heavy atom. The molecule has 1 aromatic heterocycles. The van der Waals surface area contributed by atoms with Gasteiger partial charge >= 0.3 is 0 Å². The van der Waals surface area contributed by atoms with Gasteiger partial charge in [-0.15, -0.1) is 11.3 Å². The summed E-state index contributed by atoms with van der Waals surface area (Å²) in [4.78, 5) is 26.0. The third-order valence-corrected chi connectivity index (χ3v) is 7.53. The van der Waals surface area contributed by atoms with Crippen LogP contribution in [-0.2, 0) is 22.6 Å². The second kappa shape index (κ2) is 13.7. The van der Waals surface area contributed by atoms with Gasteiger partial charge in [0.15, 0.2) is 0 Å². The van der Waals surface area contributed by atoms with E-state index >= 15 is 0 Å². The number of hydrogen-bond acceptors (Lipinski definition) is 6. The number of nitrogens with zero attached hydrogens (tertiary/aromatic N) is 2. The van der Waals surface area contributed by atoms with Crippen molar-refractivity contribution in [3.05, 3.63) is 82.6 Å². The summed E-state index contributed by atoms with van der Waals surface area (Å²) in [5.74, 6) is 0.0977. The number of carbonyl (C=O) groups is 2. The molecule has 0 fully saturated rings. The number of nitrogens with one attached hydrogen (secondary N) is 2. The molecular formula is C26H24I2N4O3S. The van der Waals surface area contributed by atoms with Crippen LogP contribution in [0.2, 0.25) is 0 Å². The number of thiophene rings is 1. The first-order chi connectivity index (χ1) is 17.3. The first-order valence-electron chi connectivity index (χ1n) is 11.0. The molecule has 0 spiro atoms. The summed E-state index contributed by atoms with van der Waals surface area (Å²) in [5.41, 5.74) is 4.93. The summed E-state index contributed by atoms with van der Waals surface area (Å²) in [6.45, 7) is 4.14. The molecule has 2 aromatic carbocycles. The van der Waals surface area contributed by atoms with Crippen molar-refractivity contribution < 1.29 is 14.3 Å². The van der Waals surface area contributed by atoms with Gasteiger partial charge < -0.3 is 10.1 Å². The van der Waals surface area contributed by atoms with Crippen LogP contribution in [0.3, 0.4) is 0 Å². The molecule has 0 saturated carbocycles. The zero-order chi connectivity index (χ0) is 26.1. The Morgan fingerprint density at radius 3 is 2.44 bits per heavy atom. The Morgan fingerprint density at radius 1 is 1.17 bits per heavy atom. The van der Waals surface area contributed by atoms with Crippen molar-refractivity contribution in [3.63, 3.8) is 0 Å². The van der Waals surface area contributed by atoms with Crippen molar-refractivity contribution in [2.24, 2.45) is 11.0 Å². The van der Waals surface area contributed by atoms with E-state index in [1.165, 1.54) is 11.3 Å². The number of hydrazone groups is 1. The summed E-state index contributed by atoms with van der Waals surface area (Å²) in [7, 11) is 0. The van der Waals surface area contributed by atoms with Crippen LogP contribution in [0.25, 0.3) is 0 Å². The summed E-state index contributed by atoms with van der Waals surface area (Å²) < 4.78 is 7.81. The second-order valence-electron chi connectivity index (χ2n) is 8.19. The van der Waals surface area contributed by atoms with Gasteiger partial charge in [0.05, 0.1) is 31.4 Å². The predicted octanol–water partition coefficient (Wildman–Crippen LogP) is 5.24. The van der Waals surface area contributed by atoms with Gasteiger partial charge in [-0.05, 0) is 97.9 Å². The topological polar surface area (TPSA) is 104 Å². The van der Waals surface area contributed by atoms with Crippen molar-refractivity contribution >= 4 is 74.5 Å². The first-order valence-corrected chi connectivity index (χ1v) is 14.1. The molecule has 36 heavy (non-hydrogen) atoms. The average molecular weight is 726 g/mol. The molecule has 7 nitrogen and oxygen atoms in total. The number of carbonyl (C=O) groups excluding carboxylic acids is 2. The van der Waals surface area contributed by atoms with Crippen molar-refractivity contribution in [2.45, 2.75) is 32.9 Å². The fourth-order valence-electron chi connectivity index (χ4n) is 3.19. The molecule has 1 heterocycles. The van der Waals surface area contributed by atoms with Crippen molar-refractivity contribution in [1.82, 2.24) is 10.7 Å². The normalized spacial score (nSPS) is 11.8. The number of amides is 2. The maximum atomic E-state index is 12.7. The Kier molecular flexibility index (Phi) is 10.7. The number of benzene rings is 2. The Bertz CT molecular complexity index is 1250. The van der Waals surface area contributed by atoms with E-state index in [1.54, 1.807) is 18.3 Å². The van der Waals surface area contributed by atoms with Gasteiger partial charge in [0.1, 0.15) is 18.4 Å². The second-order valence-corrected chi connectivity index (χ2v) is 11.5. The molecule has 3 rings (SSSR count). The minimum absolute atomic E-state index is 0.0954. The molecule has 0 aliphatic carbocycles. The van der Waals surface area contributed by atoms with Crippen LogP contribution >= 0.6 is 56.5 Å².